The first-order chi connectivity index (χ1) is 18.0. The van der Waals surface area contributed by atoms with Crippen LogP contribution in [-0.4, -0.2) is 58.1 Å². The number of ether oxygens (including phenoxy) is 1. The number of carbonyl (C=O) groups excluding carboxylic acids is 2. The molecule has 2 amide bonds. The van der Waals surface area contributed by atoms with Gasteiger partial charge < -0.3 is 15.0 Å². The van der Waals surface area contributed by atoms with E-state index in [1.807, 2.05) is 30.3 Å². The number of halogens is 1. The standard InChI is InChI=1S/C28H32FN3O5S/c1-20-10-15-26(37-3)24(16-20)32(38(4,35)36)19-27(33)31(18-22-11-13-23(29)14-12-22)25(28(34)30-2)17-21-8-6-5-7-9-21/h5-16,25H,17-19H2,1-4H3,(H,30,34)/t25-/m1/s1. The molecular formula is C28H32FN3O5S. The summed E-state index contributed by atoms with van der Waals surface area (Å²) in [7, 11) is -1.04. The Hall–Kier alpha value is -3.92. The van der Waals surface area contributed by atoms with Crippen LogP contribution < -0.4 is 14.4 Å². The highest BCUT2D eigenvalue weighted by Crippen LogP contribution is 2.31. The van der Waals surface area contributed by atoms with Gasteiger partial charge in [0.15, 0.2) is 0 Å². The Morgan fingerprint density at radius 2 is 1.66 bits per heavy atom. The molecule has 0 aliphatic heterocycles. The number of aryl methyl sites for hydroxylation is 1. The SMILES string of the molecule is CNC(=O)[C@@H](Cc1ccccc1)N(Cc1ccc(F)cc1)C(=O)CN(c1cc(C)ccc1OC)S(C)(=O)=O. The number of sulfonamides is 1. The van der Waals surface area contributed by atoms with Gasteiger partial charge in [0, 0.05) is 20.0 Å². The molecule has 0 unspecified atom stereocenters. The van der Waals surface area contributed by atoms with Crippen LogP contribution >= 0.6 is 0 Å². The van der Waals surface area contributed by atoms with Crippen LogP contribution in [0, 0.1) is 12.7 Å². The van der Waals surface area contributed by atoms with E-state index in [-0.39, 0.29) is 24.4 Å². The summed E-state index contributed by atoms with van der Waals surface area (Å²) in [5, 5.41) is 2.61. The maximum Gasteiger partial charge on any atom is 0.244 e. The Balaban J connectivity index is 2.06. The number of hydrogen-bond donors (Lipinski definition) is 1. The third-order valence-corrected chi connectivity index (χ3v) is 7.19. The Morgan fingerprint density at radius 1 is 1.00 bits per heavy atom. The molecule has 3 rings (SSSR count). The molecule has 0 saturated carbocycles. The number of benzene rings is 3. The molecule has 38 heavy (non-hydrogen) atoms. The zero-order valence-corrected chi connectivity index (χ0v) is 22.7. The molecule has 0 radical (unpaired) electrons. The second-order valence-electron chi connectivity index (χ2n) is 8.91. The quantitative estimate of drug-likeness (QED) is 0.402. The molecule has 0 saturated heterocycles. The van der Waals surface area contributed by atoms with Crippen molar-refractivity contribution in [3.05, 3.63) is 95.3 Å². The minimum atomic E-state index is -3.93. The van der Waals surface area contributed by atoms with Crippen LogP contribution in [-0.2, 0) is 32.6 Å². The summed E-state index contributed by atoms with van der Waals surface area (Å²) in [6, 6.07) is 18.9. The smallest absolute Gasteiger partial charge is 0.244 e. The average molecular weight is 542 g/mol. The highest BCUT2D eigenvalue weighted by molar-refractivity contribution is 7.92. The summed E-state index contributed by atoms with van der Waals surface area (Å²) >= 11 is 0. The molecule has 3 aromatic carbocycles. The number of hydrogen-bond acceptors (Lipinski definition) is 5. The summed E-state index contributed by atoms with van der Waals surface area (Å²) in [5.74, 6) is -1.17. The average Bonchev–Trinajstić information content (AvgIpc) is 2.89. The van der Waals surface area contributed by atoms with E-state index < -0.39 is 40.2 Å². The number of amides is 2. The maximum absolute atomic E-state index is 13.9. The number of rotatable bonds is 11. The van der Waals surface area contributed by atoms with E-state index in [1.165, 1.54) is 43.3 Å². The van der Waals surface area contributed by atoms with E-state index in [2.05, 4.69) is 5.32 Å². The van der Waals surface area contributed by atoms with Gasteiger partial charge in [-0.2, -0.15) is 0 Å². The van der Waals surface area contributed by atoms with E-state index in [0.29, 0.717) is 5.56 Å². The molecule has 3 aromatic rings. The van der Waals surface area contributed by atoms with Crippen molar-refractivity contribution >= 4 is 27.5 Å². The zero-order valence-electron chi connectivity index (χ0n) is 21.8. The van der Waals surface area contributed by atoms with Crippen LogP contribution in [0.15, 0.2) is 72.8 Å². The van der Waals surface area contributed by atoms with Crippen LogP contribution in [0.3, 0.4) is 0 Å². The van der Waals surface area contributed by atoms with Crippen LogP contribution in [0.25, 0.3) is 0 Å². The topological polar surface area (TPSA) is 96.0 Å². The van der Waals surface area contributed by atoms with Gasteiger partial charge in [0.05, 0.1) is 19.1 Å². The van der Waals surface area contributed by atoms with Gasteiger partial charge in [-0.25, -0.2) is 12.8 Å². The molecule has 202 valence electrons. The molecule has 1 N–H and O–H groups in total. The summed E-state index contributed by atoms with van der Waals surface area (Å²) in [6.07, 6.45) is 1.20. The fraction of sp³-hybridized carbons (Fsp3) is 0.286. The van der Waals surface area contributed by atoms with Gasteiger partial charge in [-0.05, 0) is 47.9 Å². The number of likely N-dealkylation sites (N-methyl/N-ethyl adjacent to an activating group) is 1. The van der Waals surface area contributed by atoms with Crippen LogP contribution in [0.5, 0.6) is 5.75 Å². The van der Waals surface area contributed by atoms with Crippen molar-refractivity contribution in [1.82, 2.24) is 10.2 Å². The Morgan fingerprint density at radius 3 is 2.24 bits per heavy atom. The van der Waals surface area contributed by atoms with Gasteiger partial charge in [-0.1, -0.05) is 48.5 Å². The summed E-state index contributed by atoms with van der Waals surface area (Å²) < 4.78 is 45.7. The second kappa shape index (κ2) is 12.6. The van der Waals surface area contributed by atoms with Crippen molar-refractivity contribution in [1.29, 1.82) is 0 Å². The van der Waals surface area contributed by atoms with Crippen molar-refractivity contribution in [2.75, 3.05) is 31.3 Å². The molecule has 0 bridgehead atoms. The second-order valence-corrected chi connectivity index (χ2v) is 10.8. The van der Waals surface area contributed by atoms with Crippen molar-refractivity contribution in [2.45, 2.75) is 25.9 Å². The van der Waals surface area contributed by atoms with Crippen molar-refractivity contribution < 1.29 is 27.1 Å². The Labute approximate surface area is 223 Å². The zero-order chi connectivity index (χ0) is 27.9. The van der Waals surface area contributed by atoms with Gasteiger partial charge >= 0.3 is 0 Å². The fourth-order valence-corrected chi connectivity index (χ4v) is 4.94. The molecule has 1 atom stereocenters. The molecule has 0 heterocycles. The first kappa shape index (κ1) is 28.6. The van der Waals surface area contributed by atoms with Gasteiger partial charge in [0.25, 0.3) is 0 Å². The third kappa shape index (κ3) is 7.32. The predicted molar refractivity (Wildman–Crippen MR) is 145 cm³/mol. The lowest BCUT2D eigenvalue weighted by Gasteiger charge is -2.33. The Kier molecular flexibility index (Phi) is 9.46. The maximum atomic E-state index is 13.9. The van der Waals surface area contributed by atoms with Gasteiger partial charge in [-0.3, -0.25) is 13.9 Å². The lowest BCUT2D eigenvalue weighted by Crippen LogP contribution is -2.52. The Bertz CT molecular complexity index is 1360. The van der Waals surface area contributed by atoms with Crippen molar-refractivity contribution in [3.8, 4) is 5.75 Å². The van der Waals surface area contributed by atoms with Crippen LogP contribution in [0.2, 0.25) is 0 Å². The van der Waals surface area contributed by atoms with E-state index in [0.717, 1.165) is 21.7 Å². The van der Waals surface area contributed by atoms with E-state index in [4.69, 9.17) is 4.74 Å². The predicted octanol–water partition coefficient (Wildman–Crippen LogP) is 3.29. The molecule has 0 fully saturated rings. The summed E-state index contributed by atoms with van der Waals surface area (Å²) in [6.45, 7) is 1.20. The molecule has 0 spiro atoms. The molecule has 0 aliphatic carbocycles. The van der Waals surface area contributed by atoms with Gasteiger partial charge in [-0.15, -0.1) is 0 Å². The van der Waals surface area contributed by atoms with Crippen molar-refractivity contribution in [3.63, 3.8) is 0 Å². The fourth-order valence-electron chi connectivity index (χ4n) is 4.10. The normalized spacial score (nSPS) is 11.9. The van der Waals surface area contributed by atoms with E-state index in [1.54, 1.807) is 25.1 Å². The lowest BCUT2D eigenvalue weighted by molar-refractivity contribution is -0.139. The minimum absolute atomic E-state index is 0.0351. The number of carbonyl (C=O) groups is 2. The largest absolute Gasteiger partial charge is 0.495 e. The van der Waals surface area contributed by atoms with E-state index in [9.17, 15) is 22.4 Å². The first-order valence-corrected chi connectivity index (χ1v) is 13.8. The summed E-state index contributed by atoms with van der Waals surface area (Å²) in [4.78, 5) is 28.3. The van der Waals surface area contributed by atoms with Crippen LogP contribution in [0.1, 0.15) is 16.7 Å². The highest BCUT2D eigenvalue weighted by Gasteiger charge is 2.33. The van der Waals surface area contributed by atoms with E-state index >= 15 is 0 Å². The minimum Gasteiger partial charge on any atom is -0.495 e. The number of methoxy groups -OCH3 is 1. The monoisotopic (exact) mass is 541 g/mol. The number of anilines is 1. The molecular weight excluding hydrogens is 509 g/mol. The number of nitrogens with one attached hydrogen (secondary N) is 1. The molecule has 0 aromatic heterocycles. The first-order valence-electron chi connectivity index (χ1n) is 11.9. The highest BCUT2D eigenvalue weighted by atomic mass is 32.2. The van der Waals surface area contributed by atoms with Gasteiger partial charge in [0.1, 0.15) is 24.2 Å². The molecule has 10 heteroatoms. The van der Waals surface area contributed by atoms with Crippen LogP contribution in [0.4, 0.5) is 10.1 Å². The van der Waals surface area contributed by atoms with Gasteiger partial charge in [0.2, 0.25) is 21.8 Å². The third-order valence-electron chi connectivity index (χ3n) is 6.07. The summed E-state index contributed by atoms with van der Waals surface area (Å²) in [5.41, 5.74) is 2.39. The molecule has 8 nitrogen and oxygen atoms in total. The number of nitrogens with zero attached hydrogens (tertiary/aromatic N) is 2. The molecule has 0 aliphatic rings. The van der Waals surface area contributed by atoms with Crippen molar-refractivity contribution in [2.24, 2.45) is 0 Å². The lowest BCUT2D eigenvalue weighted by atomic mass is 10.0.